The van der Waals surface area contributed by atoms with Gasteiger partial charge in [-0.1, -0.05) is 36.4 Å². The van der Waals surface area contributed by atoms with Gasteiger partial charge in [0, 0.05) is 19.6 Å². The zero-order valence-electron chi connectivity index (χ0n) is 13.6. The van der Waals surface area contributed by atoms with Gasteiger partial charge in [0.25, 0.3) is 0 Å². The van der Waals surface area contributed by atoms with E-state index in [0.29, 0.717) is 13.1 Å². The topological polar surface area (TPSA) is 69.6 Å². The second-order valence-electron chi connectivity index (χ2n) is 6.18. The van der Waals surface area contributed by atoms with E-state index in [9.17, 15) is 19.1 Å². The van der Waals surface area contributed by atoms with E-state index >= 15 is 0 Å². The first-order chi connectivity index (χ1) is 12.0. The van der Waals surface area contributed by atoms with Crippen molar-refractivity contribution in [2.24, 2.45) is 5.92 Å². The molecule has 0 fully saturated rings. The largest absolute Gasteiger partial charge is 0.481 e. The smallest absolute Gasteiger partial charge is 0.318 e. The highest BCUT2D eigenvalue weighted by molar-refractivity contribution is 5.76. The van der Waals surface area contributed by atoms with Crippen molar-refractivity contribution in [1.29, 1.82) is 0 Å². The molecule has 1 atom stereocenters. The summed E-state index contributed by atoms with van der Waals surface area (Å²) in [5, 5.41) is 12.1. The third-order valence-electron chi connectivity index (χ3n) is 4.37. The summed E-state index contributed by atoms with van der Waals surface area (Å²) in [4.78, 5) is 25.4. The fourth-order valence-corrected chi connectivity index (χ4v) is 2.95. The first kappa shape index (κ1) is 17.0. The number of hydrogen-bond acceptors (Lipinski definition) is 2. The molecular weight excluding hydrogens is 323 g/mol. The Hall–Kier alpha value is -2.89. The van der Waals surface area contributed by atoms with Gasteiger partial charge in [0.2, 0.25) is 0 Å². The molecule has 0 spiro atoms. The van der Waals surface area contributed by atoms with Crippen LogP contribution in [0.25, 0.3) is 0 Å². The number of hydrogen-bond donors (Lipinski definition) is 2. The summed E-state index contributed by atoms with van der Waals surface area (Å²) < 4.78 is 12.9. The number of carboxylic acids is 1. The molecule has 0 aliphatic carbocycles. The lowest BCUT2D eigenvalue weighted by Crippen LogP contribution is -2.41. The van der Waals surface area contributed by atoms with Crippen molar-refractivity contribution < 1.29 is 19.1 Å². The maximum absolute atomic E-state index is 12.9. The van der Waals surface area contributed by atoms with Gasteiger partial charge in [0.1, 0.15) is 5.82 Å². The molecule has 0 radical (unpaired) electrons. The summed E-state index contributed by atoms with van der Waals surface area (Å²) in [5.74, 6) is -2.12. The van der Waals surface area contributed by atoms with Crippen LogP contribution in [0.15, 0.2) is 48.5 Å². The Labute approximate surface area is 145 Å². The third kappa shape index (κ3) is 4.15. The Kier molecular flexibility index (Phi) is 4.97. The third-order valence-corrected chi connectivity index (χ3v) is 4.37. The molecule has 1 aliphatic rings. The minimum atomic E-state index is -0.991. The standard InChI is InChI=1S/C19H19FN2O3/c20-17-7-5-13(6-8-17)9-16(18(23)24)10-21-19(25)22-11-14-3-1-2-4-15(14)12-22/h1-8,16H,9-12H2,(H,21,25)(H,23,24). The number of fused-ring (bicyclic) bond motifs is 1. The normalized spacial score (nSPS) is 14.0. The van der Waals surface area contributed by atoms with Gasteiger partial charge >= 0.3 is 12.0 Å². The molecule has 1 aliphatic heterocycles. The fraction of sp³-hybridized carbons (Fsp3) is 0.263. The molecule has 0 aromatic heterocycles. The molecule has 0 saturated heterocycles. The van der Waals surface area contributed by atoms with Crippen molar-refractivity contribution in [3.05, 3.63) is 71.0 Å². The molecule has 2 aromatic carbocycles. The van der Waals surface area contributed by atoms with Crippen molar-refractivity contribution in [2.45, 2.75) is 19.5 Å². The van der Waals surface area contributed by atoms with Crippen LogP contribution in [0.5, 0.6) is 0 Å². The van der Waals surface area contributed by atoms with E-state index in [1.807, 2.05) is 24.3 Å². The van der Waals surface area contributed by atoms with Gasteiger partial charge in [0.15, 0.2) is 0 Å². The van der Waals surface area contributed by atoms with E-state index in [-0.39, 0.29) is 24.8 Å². The summed E-state index contributed by atoms with van der Waals surface area (Å²) >= 11 is 0. The molecule has 2 aromatic rings. The number of amides is 2. The highest BCUT2D eigenvalue weighted by atomic mass is 19.1. The van der Waals surface area contributed by atoms with E-state index in [2.05, 4.69) is 5.32 Å². The fourth-order valence-electron chi connectivity index (χ4n) is 2.95. The van der Waals surface area contributed by atoms with E-state index < -0.39 is 11.9 Å². The molecule has 130 valence electrons. The monoisotopic (exact) mass is 342 g/mol. The molecule has 0 saturated carbocycles. The second kappa shape index (κ2) is 7.34. The van der Waals surface area contributed by atoms with E-state index in [1.165, 1.54) is 12.1 Å². The molecule has 2 amide bonds. The number of rotatable bonds is 5. The molecule has 6 heteroatoms. The van der Waals surface area contributed by atoms with Crippen LogP contribution in [-0.4, -0.2) is 28.6 Å². The maximum atomic E-state index is 12.9. The predicted molar refractivity (Wildman–Crippen MR) is 90.3 cm³/mol. The Bertz CT molecular complexity index is 751. The Morgan fingerprint density at radius 3 is 2.24 bits per heavy atom. The highest BCUT2D eigenvalue weighted by Gasteiger charge is 2.25. The van der Waals surface area contributed by atoms with E-state index in [0.717, 1.165) is 16.7 Å². The molecular formula is C19H19FN2O3. The molecule has 1 heterocycles. The van der Waals surface area contributed by atoms with E-state index in [1.54, 1.807) is 17.0 Å². The van der Waals surface area contributed by atoms with Crippen molar-refractivity contribution in [2.75, 3.05) is 6.54 Å². The average molecular weight is 342 g/mol. The van der Waals surface area contributed by atoms with Gasteiger partial charge < -0.3 is 15.3 Å². The van der Waals surface area contributed by atoms with Crippen molar-refractivity contribution in [3.63, 3.8) is 0 Å². The lowest BCUT2D eigenvalue weighted by atomic mass is 9.99. The van der Waals surface area contributed by atoms with Gasteiger partial charge in [-0.2, -0.15) is 0 Å². The number of halogens is 1. The van der Waals surface area contributed by atoms with Crippen LogP contribution in [0.3, 0.4) is 0 Å². The average Bonchev–Trinajstić information content (AvgIpc) is 3.04. The predicted octanol–water partition coefficient (Wildman–Crippen LogP) is 2.79. The highest BCUT2D eigenvalue weighted by Crippen LogP contribution is 2.22. The summed E-state index contributed by atoms with van der Waals surface area (Å²) in [6, 6.07) is 13.3. The second-order valence-corrected chi connectivity index (χ2v) is 6.18. The van der Waals surface area contributed by atoms with Gasteiger partial charge in [0.05, 0.1) is 5.92 Å². The van der Waals surface area contributed by atoms with Crippen LogP contribution in [0, 0.1) is 11.7 Å². The number of carboxylic acid groups (broad SMARTS) is 1. The minimum Gasteiger partial charge on any atom is -0.481 e. The maximum Gasteiger partial charge on any atom is 0.318 e. The summed E-state index contributed by atoms with van der Waals surface area (Å²) in [6.45, 7) is 1.08. The zero-order valence-corrected chi connectivity index (χ0v) is 13.6. The Morgan fingerprint density at radius 1 is 1.08 bits per heavy atom. The quantitative estimate of drug-likeness (QED) is 0.878. The van der Waals surface area contributed by atoms with Crippen LogP contribution in [0.2, 0.25) is 0 Å². The number of carbonyl (C=O) groups is 2. The van der Waals surface area contributed by atoms with Crippen LogP contribution >= 0.6 is 0 Å². The number of carbonyl (C=O) groups excluding carboxylic acids is 1. The first-order valence-electron chi connectivity index (χ1n) is 8.10. The lowest BCUT2D eigenvalue weighted by Gasteiger charge is -2.19. The van der Waals surface area contributed by atoms with Crippen molar-refractivity contribution in [3.8, 4) is 0 Å². The van der Waals surface area contributed by atoms with Crippen LogP contribution in [-0.2, 0) is 24.3 Å². The molecule has 0 bridgehead atoms. The molecule has 3 rings (SSSR count). The van der Waals surface area contributed by atoms with Gasteiger partial charge in [-0.25, -0.2) is 9.18 Å². The summed E-state index contributed by atoms with van der Waals surface area (Å²) in [5.41, 5.74) is 2.94. The Morgan fingerprint density at radius 2 is 1.68 bits per heavy atom. The number of nitrogens with zero attached hydrogens (tertiary/aromatic N) is 1. The van der Waals surface area contributed by atoms with Gasteiger partial charge in [-0.3, -0.25) is 4.79 Å². The summed E-state index contributed by atoms with van der Waals surface area (Å²) in [6.07, 6.45) is 0.232. The molecule has 5 nitrogen and oxygen atoms in total. The molecule has 2 N–H and O–H groups in total. The van der Waals surface area contributed by atoms with Crippen molar-refractivity contribution >= 4 is 12.0 Å². The van der Waals surface area contributed by atoms with Crippen LogP contribution in [0.1, 0.15) is 16.7 Å². The molecule has 1 unspecified atom stereocenters. The lowest BCUT2D eigenvalue weighted by molar-refractivity contribution is -0.141. The Balaban J connectivity index is 1.56. The number of benzene rings is 2. The van der Waals surface area contributed by atoms with Crippen LogP contribution < -0.4 is 5.32 Å². The van der Waals surface area contributed by atoms with Gasteiger partial charge in [-0.15, -0.1) is 0 Å². The first-order valence-corrected chi connectivity index (χ1v) is 8.10. The zero-order chi connectivity index (χ0) is 17.8. The minimum absolute atomic E-state index is 0.0262. The van der Waals surface area contributed by atoms with Gasteiger partial charge in [-0.05, 0) is 35.2 Å². The molecule has 25 heavy (non-hydrogen) atoms. The SMILES string of the molecule is O=C(O)C(CNC(=O)N1Cc2ccccc2C1)Cc1ccc(F)cc1. The number of aliphatic carboxylic acids is 1. The van der Waals surface area contributed by atoms with Crippen LogP contribution in [0.4, 0.5) is 9.18 Å². The van der Waals surface area contributed by atoms with E-state index in [4.69, 9.17) is 0 Å². The number of urea groups is 1. The number of nitrogens with one attached hydrogen (secondary N) is 1. The summed E-state index contributed by atoms with van der Waals surface area (Å²) in [7, 11) is 0. The van der Waals surface area contributed by atoms with Crippen molar-refractivity contribution in [1.82, 2.24) is 10.2 Å².